The van der Waals surface area contributed by atoms with Crippen molar-refractivity contribution >= 4 is 11.5 Å². The van der Waals surface area contributed by atoms with Crippen LogP contribution in [-0.4, -0.2) is 9.97 Å². The molecule has 1 aliphatic carbocycles. The summed E-state index contributed by atoms with van der Waals surface area (Å²) in [6, 6.07) is 17.8. The van der Waals surface area contributed by atoms with E-state index in [0.717, 1.165) is 35.5 Å². The van der Waals surface area contributed by atoms with Gasteiger partial charge in [0.2, 0.25) is 5.88 Å². The molecule has 0 unspecified atom stereocenters. The van der Waals surface area contributed by atoms with Crippen molar-refractivity contribution in [2.75, 3.05) is 5.32 Å². The topological polar surface area (TPSA) is 47.0 Å². The molecule has 2 heterocycles. The van der Waals surface area contributed by atoms with Crippen LogP contribution in [0.1, 0.15) is 31.2 Å². The molecule has 26 heavy (non-hydrogen) atoms. The predicted octanol–water partition coefficient (Wildman–Crippen LogP) is 5.75. The number of nitrogens with one attached hydrogen (secondary N) is 1. The zero-order valence-corrected chi connectivity index (χ0v) is 14.8. The molecular weight excluding hydrogens is 322 g/mol. The number of nitrogens with zero attached hydrogens (tertiary/aromatic N) is 2. The minimum atomic E-state index is 0.727. The highest BCUT2D eigenvalue weighted by molar-refractivity contribution is 5.57. The third kappa shape index (κ3) is 4.20. The van der Waals surface area contributed by atoms with Crippen molar-refractivity contribution in [3.8, 4) is 11.6 Å². The van der Waals surface area contributed by atoms with E-state index in [1.807, 2.05) is 48.5 Å². The van der Waals surface area contributed by atoms with Crippen LogP contribution in [-0.2, 0) is 6.42 Å². The fourth-order valence-corrected chi connectivity index (χ4v) is 3.50. The molecule has 0 spiro atoms. The molecule has 4 rings (SSSR count). The van der Waals surface area contributed by atoms with E-state index < -0.39 is 0 Å². The standard InChI is InChI=1S/C22H23N3O/c1-2-7-17(6-1)16-18-8-5-15-24-22(18)26-20-12-10-19(11-13-20)25-21-9-3-4-14-23-21/h3-5,8-15,17H,1-2,6-7,16H2,(H,23,25). The van der Waals surface area contributed by atoms with Gasteiger partial charge in [0, 0.05) is 23.6 Å². The summed E-state index contributed by atoms with van der Waals surface area (Å²) < 4.78 is 6.07. The number of aromatic nitrogens is 2. The van der Waals surface area contributed by atoms with Crippen LogP contribution in [0.5, 0.6) is 11.6 Å². The summed E-state index contributed by atoms with van der Waals surface area (Å²) in [7, 11) is 0. The Morgan fingerprint density at radius 2 is 1.69 bits per heavy atom. The van der Waals surface area contributed by atoms with Gasteiger partial charge in [-0.25, -0.2) is 9.97 Å². The number of pyridine rings is 2. The first-order valence-electron chi connectivity index (χ1n) is 9.27. The largest absolute Gasteiger partial charge is 0.439 e. The summed E-state index contributed by atoms with van der Waals surface area (Å²) in [6.07, 6.45) is 9.97. The van der Waals surface area contributed by atoms with Gasteiger partial charge in [-0.2, -0.15) is 0 Å². The van der Waals surface area contributed by atoms with Crippen molar-refractivity contribution < 1.29 is 4.74 Å². The van der Waals surface area contributed by atoms with Crippen molar-refractivity contribution in [1.29, 1.82) is 0 Å². The van der Waals surface area contributed by atoms with Crippen LogP contribution in [0.25, 0.3) is 0 Å². The highest BCUT2D eigenvalue weighted by atomic mass is 16.5. The number of hydrogen-bond acceptors (Lipinski definition) is 4. The Kier molecular flexibility index (Phi) is 5.10. The Labute approximate surface area is 154 Å². The average Bonchev–Trinajstić information content (AvgIpc) is 3.19. The predicted molar refractivity (Wildman–Crippen MR) is 104 cm³/mol. The van der Waals surface area contributed by atoms with E-state index in [-0.39, 0.29) is 0 Å². The zero-order chi connectivity index (χ0) is 17.6. The third-order valence-electron chi connectivity index (χ3n) is 4.84. The van der Waals surface area contributed by atoms with Gasteiger partial charge in [-0.1, -0.05) is 37.8 Å². The van der Waals surface area contributed by atoms with E-state index in [1.165, 1.54) is 31.2 Å². The molecule has 132 valence electrons. The van der Waals surface area contributed by atoms with E-state index in [9.17, 15) is 0 Å². The SMILES string of the molecule is c1ccc(Nc2ccc(Oc3ncccc3CC3CCCC3)cc2)nc1. The summed E-state index contributed by atoms with van der Waals surface area (Å²) in [5.41, 5.74) is 2.18. The van der Waals surface area contributed by atoms with Crippen molar-refractivity contribution in [2.24, 2.45) is 5.92 Å². The van der Waals surface area contributed by atoms with Crippen LogP contribution < -0.4 is 10.1 Å². The van der Waals surface area contributed by atoms with Crippen LogP contribution in [0.2, 0.25) is 0 Å². The molecule has 1 aliphatic rings. The normalized spacial score (nSPS) is 14.3. The van der Waals surface area contributed by atoms with Crippen molar-refractivity contribution in [3.63, 3.8) is 0 Å². The van der Waals surface area contributed by atoms with Gasteiger partial charge >= 0.3 is 0 Å². The van der Waals surface area contributed by atoms with Crippen molar-refractivity contribution in [2.45, 2.75) is 32.1 Å². The molecule has 4 heteroatoms. The molecule has 0 amide bonds. The average molecular weight is 345 g/mol. The van der Waals surface area contributed by atoms with Gasteiger partial charge in [-0.3, -0.25) is 0 Å². The Bertz CT molecular complexity index is 828. The Morgan fingerprint density at radius 1 is 0.885 bits per heavy atom. The highest BCUT2D eigenvalue weighted by Gasteiger charge is 2.18. The maximum absolute atomic E-state index is 6.07. The Hall–Kier alpha value is -2.88. The van der Waals surface area contributed by atoms with E-state index in [2.05, 4.69) is 21.4 Å². The van der Waals surface area contributed by atoms with Gasteiger partial charge in [0.1, 0.15) is 11.6 Å². The minimum Gasteiger partial charge on any atom is -0.439 e. The summed E-state index contributed by atoms with van der Waals surface area (Å²) in [6.45, 7) is 0. The van der Waals surface area contributed by atoms with Crippen LogP contribution >= 0.6 is 0 Å². The van der Waals surface area contributed by atoms with E-state index in [0.29, 0.717) is 0 Å². The second-order valence-corrected chi connectivity index (χ2v) is 6.79. The molecule has 4 nitrogen and oxygen atoms in total. The summed E-state index contributed by atoms with van der Waals surface area (Å²) >= 11 is 0. The molecule has 0 radical (unpaired) electrons. The maximum Gasteiger partial charge on any atom is 0.222 e. The van der Waals surface area contributed by atoms with Crippen molar-refractivity contribution in [3.05, 3.63) is 72.6 Å². The minimum absolute atomic E-state index is 0.727. The van der Waals surface area contributed by atoms with Crippen LogP contribution in [0.4, 0.5) is 11.5 Å². The zero-order valence-electron chi connectivity index (χ0n) is 14.8. The highest BCUT2D eigenvalue weighted by Crippen LogP contribution is 2.32. The van der Waals surface area contributed by atoms with Crippen LogP contribution in [0.15, 0.2) is 67.0 Å². The van der Waals surface area contributed by atoms with Gasteiger partial charge < -0.3 is 10.1 Å². The molecule has 3 aromatic rings. The Balaban J connectivity index is 1.44. The quantitative estimate of drug-likeness (QED) is 0.618. The number of anilines is 2. The van der Waals surface area contributed by atoms with Crippen molar-refractivity contribution in [1.82, 2.24) is 9.97 Å². The second-order valence-electron chi connectivity index (χ2n) is 6.79. The van der Waals surface area contributed by atoms with Crippen LogP contribution in [0, 0.1) is 5.92 Å². The molecule has 1 fully saturated rings. The molecule has 0 atom stereocenters. The number of ether oxygens (including phenoxy) is 1. The number of hydrogen-bond donors (Lipinski definition) is 1. The lowest BCUT2D eigenvalue weighted by Gasteiger charge is -2.13. The number of benzene rings is 1. The van der Waals surface area contributed by atoms with E-state index in [1.54, 1.807) is 12.4 Å². The fourth-order valence-electron chi connectivity index (χ4n) is 3.50. The summed E-state index contributed by atoms with van der Waals surface area (Å²) in [5.74, 6) is 3.11. The first-order chi connectivity index (χ1) is 12.9. The first-order valence-corrected chi connectivity index (χ1v) is 9.27. The molecule has 2 aromatic heterocycles. The van der Waals surface area contributed by atoms with Gasteiger partial charge in [0.05, 0.1) is 0 Å². The van der Waals surface area contributed by atoms with E-state index in [4.69, 9.17) is 4.74 Å². The molecule has 1 saturated carbocycles. The smallest absolute Gasteiger partial charge is 0.222 e. The lowest BCUT2D eigenvalue weighted by Crippen LogP contribution is -2.02. The molecule has 0 aliphatic heterocycles. The molecule has 0 saturated heterocycles. The molecule has 1 N–H and O–H groups in total. The van der Waals surface area contributed by atoms with Gasteiger partial charge in [-0.15, -0.1) is 0 Å². The summed E-state index contributed by atoms with van der Waals surface area (Å²) in [5, 5.41) is 3.27. The van der Waals surface area contributed by atoms with E-state index >= 15 is 0 Å². The summed E-state index contributed by atoms with van der Waals surface area (Å²) in [4.78, 5) is 8.73. The maximum atomic E-state index is 6.07. The second kappa shape index (κ2) is 8.00. The third-order valence-corrected chi connectivity index (χ3v) is 4.84. The lowest BCUT2D eigenvalue weighted by atomic mass is 9.99. The first kappa shape index (κ1) is 16.6. The Morgan fingerprint density at radius 3 is 2.46 bits per heavy atom. The lowest BCUT2D eigenvalue weighted by molar-refractivity contribution is 0.445. The number of rotatable bonds is 6. The van der Waals surface area contributed by atoms with Gasteiger partial charge in [-0.05, 0) is 54.8 Å². The fraction of sp³-hybridized carbons (Fsp3) is 0.273. The molecule has 0 bridgehead atoms. The molecular formula is C22H23N3O. The molecule has 1 aromatic carbocycles. The monoisotopic (exact) mass is 345 g/mol. The van der Waals surface area contributed by atoms with Gasteiger partial charge in [0.25, 0.3) is 0 Å². The van der Waals surface area contributed by atoms with Gasteiger partial charge in [0.15, 0.2) is 0 Å². The van der Waals surface area contributed by atoms with Crippen LogP contribution in [0.3, 0.4) is 0 Å².